The number of carbonyl (C=O) groups is 3. The highest BCUT2D eigenvalue weighted by Gasteiger charge is 2.75. The Balaban J connectivity index is 1.92. The number of hydrogen-bond acceptors (Lipinski definition) is 5. The summed E-state index contributed by atoms with van der Waals surface area (Å²) < 4.78 is 6.90. The Morgan fingerprint density at radius 2 is 1.74 bits per heavy atom. The first-order valence-corrected chi connectivity index (χ1v) is 12.8. The predicted molar refractivity (Wildman–Crippen MR) is 128 cm³/mol. The van der Waals surface area contributed by atoms with E-state index in [-0.39, 0.29) is 30.4 Å². The van der Waals surface area contributed by atoms with Crippen LogP contribution in [0.5, 0.6) is 0 Å². The SMILES string of the molecule is CCCN1CC=C[C@]2(CC)O[C@]34C=CCN(C(C)C)C(=O)C3N([C@@H](CC)CO)C(=O)[C@@H]4[C@@H]2C1=O. The number of fused-ring (bicyclic) bond motifs is 2. The molecule has 188 valence electrons. The second-order valence-corrected chi connectivity index (χ2v) is 10.3. The molecule has 2 saturated heterocycles. The number of aliphatic hydroxyl groups is 1. The predicted octanol–water partition coefficient (Wildman–Crippen LogP) is 1.73. The lowest BCUT2D eigenvalue weighted by molar-refractivity contribution is -0.158. The third-order valence-electron chi connectivity index (χ3n) is 8.18. The molecule has 0 radical (unpaired) electrons. The Bertz CT molecular complexity index is 897. The van der Waals surface area contributed by atoms with Crippen LogP contribution in [0.4, 0.5) is 0 Å². The number of likely N-dealkylation sites (tertiary alicyclic amines) is 1. The van der Waals surface area contributed by atoms with Gasteiger partial charge in [-0.25, -0.2) is 0 Å². The van der Waals surface area contributed by atoms with Gasteiger partial charge in [-0.1, -0.05) is 45.1 Å². The molecule has 8 heteroatoms. The minimum atomic E-state index is -1.25. The zero-order chi connectivity index (χ0) is 24.8. The third kappa shape index (κ3) is 3.36. The molecular formula is C26H39N3O5. The van der Waals surface area contributed by atoms with E-state index >= 15 is 0 Å². The first-order chi connectivity index (χ1) is 16.2. The van der Waals surface area contributed by atoms with E-state index in [2.05, 4.69) is 0 Å². The van der Waals surface area contributed by atoms with Gasteiger partial charge in [0, 0.05) is 25.7 Å². The van der Waals surface area contributed by atoms with Crippen molar-refractivity contribution in [3.8, 4) is 0 Å². The number of hydrogen-bond donors (Lipinski definition) is 1. The highest BCUT2D eigenvalue weighted by molar-refractivity contribution is 6.00. The van der Waals surface area contributed by atoms with Crippen LogP contribution in [0.1, 0.15) is 53.9 Å². The van der Waals surface area contributed by atoms with Crippen molar-refractivity contribution in [2.45, 2.75) is 83.2 Å². The van der Waals surface area contributed by atoms with Crippen LogP contribution < -0.4 is 0 Å². The normalized spacial score (nSPS) is 36.0. The van der Waals surface area contributed by atoms with Crippen LogP contribution in [0.2, 0.25) is 0 Å². The Labute approximate surface area is 202 Å². The van der Waals surface area contributed by atoms with Crippen LogP contribution >= 0.6 is 0 Å². The number of ether oxygens (including phenoxy) is 1. The average Bonchev–Trinajstić information content (AvgIpc) is 3.10. The molecule has 0 aromatic heterocycles. The van der Waals surface area contributed by atoms with Gasteiger partial charge in [0.15, 0.2) is 0 Å². The monoisotopic (exact) mass is 473 g/mol. The molecule has 4 aliphatic heterocycles. The molecule has 0 aromatic rings. The summed E-state index contributed by atoms with van der Waals surface area (Å²) in [6, 6.07) is -1.50. The lowest BCUT2D eigenvalue weighted by atomic mass is 9.73. The number of carbonyl (C=O) groups excluding carboxylic acids is 3. The van der Waals surface area contributed by atoms with Crippen molar-refractivity contribution in [1.29, 1.82) is 0 Å². The molecular weight excluding hydrogens is 434 g/mol. The van der Waals surface area contributed by atoms with E-state index in [9.17, 15) is 19.5 Å². The van der Waals surface area contributed by atoms with Gasteiger partial charge in [-0.2, -0.15) is 0 Å². The van der Waals surface area contributed by atoms with Crippen LogP contribution in [-0.2, 0) is 19.1 Å². The van der Waals surface area contributed by atoms with Crippen molar-refractivity contribution in [3.63, 3.8) is 0 Å². The zero-order valence-electron chi connectivity index (χ0n) is 21.1. The fraction of sp³-hybridized carbons (Fsp3) is 0.731. The maximum atomic E-state index is 14.2. The summed E-state index contributed by atoms with van der Waals surface area (Å²) in [5, 5.41) is 10.2. The lowest BCUT2D eigenvalue weighted by Crippen LogP contribution is -2.59. The molecule has 1 N–H and O–H groups in total. The molecule has 0 aromatic carbocycles. The Hall–Kier alpha value is -2.19. The van der Waals surface area contributed by atoms with E-state index in [0.717, 1.165) is 6.42 Å². The molecule has 8 nitrogen and oxygen atoms in total. The molecule has 6 atom stereocenters. The standard InChI is InChI=1S/C26H39N3O5/c1-6-13-27-14-9-11-25(8-3)19(22(27)31)20-23(32)29(18(7-2)16-30)21-24(33)28(17(4)5)15-10-12-26(20,21)34-25/h9-12,17-21,30H,6-8,13-16H2,1-5H3/t18-,19+,20-,21?,25-,26-/m0/s1. The number of aliphatic hydroxyl groups excluding tert-OH is 1. The van der Waals surface area contributed by atoms with Gasteiger partial charge in [-0.05, 0) is 33.1 Å². The van der Waals surface area contributed by atoms with Crippen molar-refractivity contribution >= 4 is 17.7 Å². The fourth-order valence-corrected chi connectivity index (χ4v) is 6.51. The molecule has 4 aliphatic rings. The van der Waals surface area contributed by atoms with Gasteiger partial charge in [0.1, 0.15) is 11.6 Å². The summed E-state index contributed by atoms with van der Waals surface area (Å²) in [4.78, 5) is 47.3. The molecule has 0 bridgehead atoms. The first kappa shape index (κ1) is 24.9. The topological polar surface area (TPSA) is 90.4 Å². The smallest absolute Gasteiger partial charge is 0.249 e. The molecule has 4 heterocycles. The van der Waals surface area contributed by atoms with Gasteiger partial charge in [-0.3, -0.25) is 14.4 Å². The van der Waals surface area contributed by atoms with E-state index in [4.69, 9.17) is 4.74 Å². The molecule has 34 heavy (non-hydrogen) atoms. The number of nitrogens with zero attached hydrogens (tertiary/aromatic N) is 3. The highest BCUT2D eigenvalue weighted by atomic mass is 16.5. The van der Waals surface area contributed by atoms with Crippen LogP contribution in [0.25, 0.3) is 0 Å². The molecule has 1 unspecified atom stereocenters. The Morgan fingerprint density at radius 1 is 1.03 bits per heavy atom. The van der Waals surface area contributed by atoms with Crippen LogP contribution in [0.15, 0.2) is 24.3 Å². The maximum Gasteiger partial charge on any atom is 0.249 e. The minimum absolute atomic E-state index is 0.0638. The molecule has 0 aliphatic carbocycles. The minimum Gasteiger partial charge on any atom is -0.394 e. The van der Waals surface area contributed by atoms with E-state index in [1.807, 2.05) is 58.9 Å². The Kier molecular flexibility index (Phi) is 6.68. The second-order valence-electron chi connectivity index (χ2n) is 10.3. The van der Waals surface area contributed by atoms with Gasteiger partial charge >= 0.3 is 0 Å². The van der Waals surface area contributed by atoms with Crippen LogP contribution in [0, 0.1) is 11.8 Å². The summed E-state index contributed by atoms with van der Waals surface area (Å²) in [5.74, 6) is -2.09. The number of amides is 3. The van der Waals surface area contributed by atoms with Crippen molar-refractivity contribution in [2.75, 3.05) is 26.2 Å². The fourth-order valence-electron chi connectivity index (χ4n) is 6.51. The summed E-state index contributed by atoms with van der Waals surface area (Å²) in [6.07, 6.45) is 9.55. The van der Waals surface area contributed by atoms with Gasteiger partial charge in [-0.15, -0.1) is 0 Å². The summed E-state index contributed by atoms with van der Waals surface area (Å²) in [5.41, 5.74) is -2.21. The zero-order valence-corrected chi connectivity index (χ0v) is 21.1. The van der Waals surface area contributed by atoms with Gasteiger partial charge < -0.3 is 24.5 Å². The van der Waals surface area contributed by atoms with Crippen molar-refractivity contribution in [1.82, 2.24) is 14.7 Å². The van der Waals surface area contributed by atoms with Crippen LogP contribution in [0.3, 0.4) is 0 Å². The first-order valence-electron chi connectivity index (χ1n) is 12.8. The number of rotatable bonds is 7. The molecule has 2 fully saturated rings. The van der Waals surface area contributed by atoms with Gasteiger partial charge in [0.25, 0.3) is 0 Å². The largest absolute Gasteiger partial charge is 0.394 e. The van der Waals surface area contributed by atoms with Crippen molar-refractivity contribution < 1.29 is 24.2 Å². The van der Waals surface area contributed by atoms with E-state index in [1.54, 1.807) is 14.7 Å². The molecule has 3 amide bonds. The molecule has 4 rings (SSSR count). The third-order valence-corrected chi connectivity index (χ3v) is 8.18. The highest BCUT2D eigenvalue weighted by Crippen LogP contribution is 2.59. The second kappa shape index (κ2) is 9.11. The van der Waals surface area contributed by atoms with E-state index in [1.165, 1.54) is 0 Å². The quantitative estimate of drug-likeness (QED) is 0.569. The molecule has 0 saturated carbocycles. The van der Waals surface area contributed by atoms with Gasteiger partial charge in [0.05, 0.1) is 30.1 Å². The molecule has 1 spiro atoms. The summed E-state index contributed by atoms with van der Waals surface area (Å²) in [7, 11) is 0. The maximum absolute atomic E-state index is 14.2. The summed E-state index contributed by atoms with van der Waals surface area (Å²) >= 11 is 0. The van der Waals surface area contributed by atoms with Gasteiger partial charge in [0.2, 0.25) is 17.7 Å². The van der Waals surface area contributed by atoms with E-state index in [0.29, 0.717) is 32.5 Å². The average molecular weight is 474 g/mol. The lowest BCUT2D eigenvalue weighted by Gasteiger charge is -2.41. The van der Waals surface area contributed by atoms with Crippen molar-refractivity contribution in [3.05, 3.63) is 24.3 Å². The van der Waals surface area contributed by atoms with Crippen LogP contribution in [-0.4, -0.2) is 93.1 Å². The Morgan fingerprint density at radius 3 is 2.32 bits per heavy atom. The van der Waals surface area contributed by atoms with Crippen molar-refractivity contribution in [2.24, 2.45) is 11.8 Å². The van der Waals surface area contributed by atoms with E-state index < -0.39 is 35.1 Å². The summed E-state index contributed by atoms with van der Waals surface area (Å²) in [6.45, 7) is 11.1.